The van der Waals surface area contributed by atoms with Crippen molar-refractivity contribution in [3.05, 3.63) is 71.8 Å². The molecule has 0 spiro atoms. The Morgan fingerprint density at radius 1 is 0.537 bits per heavy atom. The molecule has 0 aromatic heterocycles. The molecular weight excluding hydrogens is 1250 g/mol. The molecule has 31 nitrogen and oxygen atoms in total. The normalized spacial score (nSPS) is 16.8. The predicted molar refractivity (Wildman–Crippen MR) is 356 cm³/mol. The minimum absolute atomic E-state index is 0.0736. The van der Waals surface area contributed by atoms with Gasteiger partial charge in [-0.1, -0.05) is 74.5 Å². The lowest BCUT2D eigenvalue weighted by molar-refractivity contribution is -0.144. The number of primary amides is 3. The van der Waals surface area contributed by atoms with E-state index >= 15 is 0 Å². The summed E-state index contributed by atoms with van der Waals surface area (Å²) in [6, 6.07) is 4.51. The number of benzene rings is 2. The second-order valence-electron chi connectivity index (χ2n) is 24.1. The van der Waals surface area contributed by atoms with Gasteiger partial charge in [0.15, 0.2) is 5.96 Å². The maximum atomic E-state index is 14.7. The highest BCUT2D eigenvalue weighted by atomic mass is 32.2. The zero-order valence-corrected chi connectivity index (χ0v) is 55.3. The third-order valence-corrected chi connectivity index (χ3v) is 16.7. The number of likely N-dealkylation sites (tertiary alicyclic amines) is 2. The molecule has 524 valence electrons. The van der Waals surface area contributed by atoms with Gasteiger partial charge in [-0.3, -0.25) is 67.3 Å². The summed E-state index contributed by atoms with van der Waals surface area (Å²) in [5.41, 5.74) is 40.6. The van der Waals surface area contributed by atoms with Gasteiger partial charge in [0, 0.05) is 45.3 Å². The number of aliphatic imine (C=N–C) groups is 1. The molecule has 0 unspecified atom stereocenters. The number of nitrogens with two attached hydrogens (primary N) is 7. The van der Waals surface area contributed by atoms with Crippen LogP contribution in [-0.4, -0.2) is 198 Å². The number of carbonyl (C=O) groups excluding carboxylic acids is 13. The van der Waals surface area contributed by atoms with Crippen molar-refractivity contribution in [3.8, 4) is 0 Å². The van der Waals surface area contributed by atoms with Crippen LogP contribution >= 0.6 is 11.8 Å². The zero-order chi connectivity index (χ0) is 70.1. The predicted octanol–water partition coefficient (Wildman–Crippen LogP) is -3.71. The highest BCUT2D eigenvalue weighted by molar-refractivity contribution is 7.98. The number of hydrogen-bond acceptors (Lipinski definition) is 17. The molecule has 95 heavy (non-hydrogen) atoms. The Balaban J connectivity index is 1.56. The number of amides is 13. The summed E-state index contributed by atoms with van der Waals surface area (Å²) in [5.74, 6) is -9.80. The van der Waals surface area contributed by atoms with Gasteiger partial charge in [-0.25, -0.2) is 0 Å². The van der Waals surface area contributed by atoms with Crippen molar-refractivity contribution in [2.75, 3.05) is 44.7 Å². The lowest BCUT2D eigenvalue weighted by Gasteiger charge is -2.32. The Labute approximate surface area is 558 Å². The number of thioether (sulfide) groups is 1. The third kappa shape index (κ3) is 27.5. The van der Waals surface area contributed by atoms with Crippen molar-refractivity contribution in [2.45, 2.75) is 183 Å². The molecule has 2 fully saturated rings. The first-order valence-corrected chi connectivity index (χ1v) is 33.6. The van der Waals surface area contributed by atoms with Crippen molar-refractivity contribution in [1.82, 2.24) is 52.3 Å². The molecule has 13 amide bonds. The van der Waals surface area contributed by atoms with Crippen molar-refractivity contribution >= 4 is 94.5 Å². The molecule has 32 heteroatoms. The quantitative estimate of drug-likeness (QED) is 0.0173. The van der Waals surface area contributed by atoms with Crippen molar-refractivity contribution in [1.29, 1.82) is 0 Å². The highest BCUT2D eigenvalue weighted by Crippen LogP contribution is 2.24. The smallest absolute Gasteiger partial charge is 0.245 e. The van der Waals surface area contributed by atoms with Gasteiger partial charge in [0.25, 0.3) is 0 Å². The second-order valence-corrected chi connectivity index (χ2v) is 25.1. The Morgan fingerprint density at radius 2 is 1.01 bits per heavy atom. The van der Waals surface area contributed by atoms with Gasteiger partial charge in [-0.15, -0.1) is 0 Å². The molecular formula is C63H98N18O13S. The summed E-state index contributed by atoms with van der Waals surface area (Å²) in [4.78, 5) is 185. The molecule has 2 saturated heterocycles. The van der Waals surface area contributed by atoms with Crippen LogP contribution in [0, 0.1) is 5.92 Å². The van der Waals surface area contributed by atoms with Crippen molar-refractivity contribution in [3.63, 3.8) is 0 Å². The molecule has 2 aromatic carbocycles. The number of unbranched alkanes of at least 4 members (excludes halogenated alkanes) is 1. The fraction of sp³-hybridized carbons (Fsp3) is 0.587. The van der Waals surface area contributed by atoms with Gasteiger partial charge in [-0.2, -0.15) is 11.8 Å². The van der Waals surface area contributed by atoms with E-state index in [1.807, 2.05) is 20.1 Å². The minimum Gasteiger partial charge on any atom is -0.370 e. The van der Waals surface area contributed by atoms with Crippen LogP contribution in [0.5, 0.6) is 0 Å². The van der Waals surface area contributed by atoms with Crippen molar-refractivity contribution < 1.29 is 62.3 Å². The van der Waals surface area contributed by atoms with E-state index in [1.165, 1.54) is 21.6 Å². The molecule has 0 aliphatic carbocycles. The van der Waals surface area contributed by atoms with E-state index in [9.17, 15) is 62.3 Å². The summed E-state index contributed by atoms with van der Waals surface area (Å²) in [5, 5.41) is 21.1. The summed E-state index contributed by atoms with van der Waals surface area (Å²) in [7, 11) is 0. The largest absolute Gasteiger partial charge is 0.370 e. The standard InChI is InChI=1S/C63H98N18O13S/c1-37(2)33-45(57(89)74-41(53(68)85)27-32-95-3)73-52(84)36-72-54(86)46(34-38-15-6-4-7-16-38)78-58(90)47(35-39-17-8-5-9-18-39)79-56(88)42(23-25-50(66)82)75-55(87)43(24-26-51(67)83)76-59(91)49-22-14-31-81(49)62(94)44(20-10-11-28-64)77-60(92)48-21-13-30-80(48)61(93)40(65)19-12-29-71-63(69)70/h4-9,15-18,37,40-49H,10-14,19-36,64-65H2,1-3H3,(H2,66,82)(H2,67,83)(H2,68,85)(H,72,86)(H,73,84)(H,74,89)(H,75,87)(H,76,91)(H,77,92)(H,78,90)(H,79,88)(H4,69,70,71)/t40-,41+,42-,43-,44-,45+,46-,47+,48+,49-/m1/s1. The van der Waals surface area contributed by atoms with Crippen LogP contribution in [0.3, 0.4) is 0 Å². The molecule has 0 bridgehead atoms. The Kier molecular flexibility index (Phi) is 33.9. The third-order valence-electron chi connectivity index (χ3n) is 16.0. The van der Waals surface area contributed by atoms with E-state index in [2.05, 4.69) is 47.5 Å². The van der Waals surface area contributed by atoms with E-state index in [0.29, 0.717) is 55.4 Å². The topological polar surface area (TPSA) is 519 Å². The van der Waals surface area contributed by atoms with Crippen LogP contribution in [0.2, 0.25) is 0 Å². The first-order valence-electron chi connectivity index (χ1n) is 32.2. The average molecular weight is 1350 g/mol. The van der Waals surface area contributed by atoms with Gasteiger partial charge < -0.3 is 92.5 Å². The SMILES string of the molecule is CSCC[C@H](NC(=O)[C@H](CC(C)C)NC(=O)CNC(=O)[C@@H](Cc1ccccc1)NC(=O)[C@H](Cc1ccccc1)NC(=O)[C@@H](CCC(N)=O)NC(=O)[C@@H](CCC(N)=O)NC(=O)[C@H]1CCCN1C(=O)[C@@H](CCCCN)NC(=O)[C@@H]1CCCN1C(=O)[C@H](N)CCCN=C(N)N)C(N)=O. The van der Waals surface area contributed by atoms with Crippen molar-refractivity contribution in [2.24, 2.45) is 51.0 Å². The van der Waals surface area contributed by atoms with E-state index in [1.54, 1.807) is 60.7 Å². The fourth-order valence-corrected chi connectivity index (χ4v) is 11.5. The van der Waals surface area contributed by atoms with Crippen LogP contribution in [0.4, 0.5) is 0 Å². The van der Waals surface area contributed by atoms with Crippen LogP contribution in [-0.2, 0) is 75.2 Å². The highest BCUT2D eigenvalue weighted by Gasteiger charge is 2.42. The van der Waals surface area contributed by atoms with Gasteiger partial charge in [0.05, 0.1) is 12.6 Å². The van der Waals surface area contributed by atoms with E-state index in [4.69, 9.17) is 40.1 Å². The average Bonchev–Trinajstić information content (AvgIpc) is 1.74. The van der Waals surface area contributed by atoms with Gasteiger partial charge >= 0.3 is 0 Å². The second kappa shape index (κ2) is 41.0. The summed E-state index contributed by atoms with van der Waals surface area (Å²) in [6.45, 7) is 3.86. The summed E-state index contributed by atoms with van der Waals surface area (Å²) < 4.78 is 0. The zero-order valence-electron chi connectivity index (χ0n) is 54.5. The number of nitrogens with zero attached hydrogens (tertiary/aromatic N) is 3. The monoisotopic (exact) mass is 1350 g/mol. The first kappa shape index (κ1) is 78.5. The number of rotatable bonds is 42. The maximum Gasteiger partial charge on any atom is 0.245 e. The van der Waals surface area contributed by atoms with Crippen LogP contribution in [0.1, 0.15) is 121 Å². The molecule has 0 saturated carbocycles. The fourth-order valence-electron chi connectivity index (χ4n) is 11.0. The van der Waals surface area contributed by atoms with Crippen LogP contribution in [0.15, 0.2) is 65.7 Å². The lowest BCUT2D eigenvalue weighted by Crippen LogP contribution is -2.60. The molecule has 4 rings (SSSR count). The van der Waals surface area contributed by atoms with Gasteiger partial charge in [-0.05, 0) is 119 Å². The number of nitrogens with one attached hydrogen (secondary N) is 8. The van der Waals surface area contributed by atoms with E-state index in [-0.39, 0.29) is 83.0 Å². The minimum atomic E-state index is -1.64. The maximum absolute atomic E-state index is 14.7. The molecule has 2 heterocycles. The molecule has 0 radical (unpaired) electrons. The summed E-state index contributed by atoms with van der Waals surface area (Å²) in [6.07, 6.45) is 3.12. The lowest BCUT2D eigenvalue weighted by atomic mass is 10.0. The number of guanidine groups is 1. The Morgan fingerprint density at radius 3 is 1.51 bits per heavy atom. The van der Waals surface area contributed by atoms with E-state index < -0.39 is 169 Å². The Hall–Kier alpha value is -8.91. The number of carbonyl (C=O) groups is 13. The first-order chi connectivity index (χ1) is 45.2. The Bertz CT molecular complexity index is 2960. The molecule has 2 aromatic rings. The van der Waals surface area contributed by atoms with E-state index in [0.717, 1.165) is 0 Å². The molecule has 10 atom stereocenters. The van der Waals surface area contributed by atoms with Crippen LogP contribution in [0.25, 0.3) is 0 Å². The summed E-state index contributed by atoms with van der Waals surface area (Å²) >= 11 is 1.45. The van der Waals surface area contributed by atoms with Gasteiger partial charge in [0.1, 0.15) is 54.4 Å². The molecule has 2 aliphatic rings. The molecule has 2 aliphatic heterocycles. The van der Waals surface area contributed by atoms with Crippen LogP contribution < -0.4 is 82.7 Å². The van der Waals surface area contributed by atoms with Gasteiger partial charge in [0.2, 0.25) is 76.8 Å². The number of hydrogen-bond donors (Lipinski definition) is 15. The molecule has 22 N–H and O–H groups in total.